The Morgan fingerprint density at radius 1 is 1.13 bits per heavy atom. The van der Waals surface area contributed by atoms with Crippen LogP contribution in [0.15, 0.2) is 54.6 Å². The monoisotopic (exact) mass is 407 g/mol. The lowest BCUT2D eigenvalue weighted by Crippen LogP contribution is -2.20. The number of nitrogens with zero attached hydrogens (tertiary/aromatic N) is 2. The highest BCUT2D eigenvalue weighted by Gasteiger charge is 2.12. The summed E-state index contributed by atoms with van der Waals surface area (Å²) in [6.07, 6.45) is 2.85. The zero-order valence-electron chi connectivity index (χ0n) is 17.0. The number of esters is 1. The van der Waals surface area contributed by atoms with Gasteiger partial charge in [-0.2, -0.15) is 5.10 Å². The summed E-state index contributed by atoms with van der Waals surface area (Å²) in [5.74, 6) is -1.85. The van der Waals surface area contributed by atoms with E-state index in [2.05, 4.69) is 10.4 Å². The number of rotatable bonds is 6. The zero-order chi connectivity index (χ0) is 21.7. The van der Waals surface area contributed by atoms with Crippen LogP contribution in [0, 0.1) is 26.6 Å². The van der Waals surface area contributed by atoms with Gasteiger partial charge in [-0.15, -0.1) is 0 Å². The Bertz CT molecular complexity index is 1100. The molecule has 154 valence electrons. The average Bonchev–Trinajstić information content (AvgIpc) is 3.01. The van der Waals surface area contributed by atoms with E-state index in [9.17, 15) is 14.0 Å². The third-order valence-electron chi connectivity index (χ3n) is 4.48. The Morgan fingerprint density at radius 2 is 1.87 bits per heavy atom. The molecular weight excluding hydrogens is 385 g/mol. The standard InChI is InChI=1S/C23H22FN3O3/c1-15-9-11-21(20(24)13-15)25-22(28)14-30-23(29)12-10-19-16(2)26-27(17(19)3)18-7-5-4-6-8-18/h4-13H,14H2,1-3H3,(H,25,28)/b12-10+. The van der Waals surface area contributed by atoms with Crippen LogP contribution in [-0.2, 0) is 14.3 Å². The Balaban J connectivity index is 1.60. The molecule has 7 heteroatoms. The van der Waals surface area contributed by atoms with Crippen LogP contribution in [0.3, 0.4) is 0 Å². The fraction of sp³-hybridized carbons (Fsp3) is 0.174. The van der Waals surface area contributed by atoms with E-state index in [1.165, 1.54) is 18.2 Å². The zero-order valence-corrected chi connectivity index (χ0v) is 17.0. The molecule has 0 saturated carbocycles. The van der Waals surface area contributed by atoms with E-state index in [0.29, 0.717) is 0 Å². The van der Waals surface area contributed by atoms with Crippen molar-refractivity contribution in [2.45, 2.75) is 20.8 Å². The Morgan fingerprint density at radius 3 is 2.57 bits per heavy atom. The molecule has 30 heavy (non-hydrogen) atoms. The fourth-order valence-corrected chi connectivity index (χ4v) is 2.96. The highest BCUT2D eigenvalue weighted by atomic mass is 19.1. The van der Waals surface area contributed by atoms with Crippen LogP contribution in [0.1, 0.15) is 22.5 Å². The summed E-state index contributed by atoms with van der Waals surface area (Å²) >= 11 is 0. The number of amides is 1. The van der Waals surface area contributed by atoms with Crippen molar-refractivity contribution in [1.29, 1.82) is 0 Å². The molecule has 1 aromatic heterocycles. The molecule has 0 saturated heterocycles. The summed E-state index contributed by atoms with van der Waals surface area (Å²) < 4.78 is 20.5. The number of benzene rings is 2. The quantitative estimate of drug-likeness (QED) is 0.493. The Hall–Kier alpha value is -3.74. The SMILES string of the molecule is Cc1ccc(NC(=O)COC(=O)/C=C/c2c(C)nn(-c3ccccc3)c2C)c(F)c1. The van der Waals surface area contributed by atoms with Gasteiger partial charge in [0.2, 0.25) is 0 Å². The highest BCUT2D eigenvalue weighted by Crippen LogP contribution is 2.19. The molecule has 1 heterocycles. The summed E-state index contributed by atoms with van der Waals surface area (Å²) in [7, 11) is 0. The summed E-state index contributed by atoms with van der Waals surface area (Å²) in [5.41, 5.74) is 4.12. The van der Waals surface area contributed by atoms with E-state index < -0.39 is 24.3 Å². The third kappa shape index (κ3) is 5.00. The molecule has 0 spiro atoms. The van der Waals surface area contributed by atoms with E-state index in [4.69, 9.17) is 4.74 Å². The van der Waals surface area contributed by atoms with Gasteiger partial charge in [0, 0.05) is 17.3 Å². The largest absolute Gasteiger partial charge is 0.452 e. The van der Waals surface area contributed by atoms with Crippen LogP contribution < -0.4 is 5.32 Å². The third-order valence-corrected chi connectivity index (χ3v) is 4.48. The first-order valence-corrected chi connectivity index (χ1v) is 9.37. The van der Waals surface area contributed by atoms with Crippen LogP contribution in [0.4, 0.5) is 10.1 Å². The molecule has 1 N–H and O–H groups in total. The number of carbonyl (C=O) groups excluding carboxylic acids is 2. The molecular formula is C23H22FN3O3. The Kier molecular flexibility index (Phi) is 6.41. The molecule has 6 nitrogen and oxygen atoms in total. The first-order valence-electron chi connectivity index (χ1n) is 9.37. The molecule has 2 aromatic carbocycles. The number of para-hydroxylation sites is 1. The number of hydrogen-bond donors (Lipinski definition) is 1. The number of aryl methyl sites for hydroxylation is 2. The first kappa shape index (κ1) is 21.0. The molecule has 0 radical (unpaired) electrons. The highest BCUT2D eigenvalue weighted by molar-refractivity contribution is 5.94. The van der Waals surface area contributed by atoms with Gasteiger partial charge in [-0.3, -0.25) is 4.79 Å². The van der Waals surface area contributed by atoms with E-state index >= 15 is 0 Å². The van der Waals surface area contributed by atoms with Crippen molar-refractivity contribution in [3.05, 3.63) is 82.9 Å². The van der Waals surface area contributed by atoms with Crippen molar-refractivity contribution >= 4 is 23.6 Å². The predicted molar refractivity (Wildman–Crippen MR) is 113 cm³/mol. The van der Waals surface area contributed by atoms with Gasteiger partial charge in [-0.05, 0) is 56.7 Å². The smallest absolute Gasteiger partial charge is 0.331 e. The van der Waals surface area contributed by atoms with E-state index in [0.717, 1.165) is 28.2 Å². The minimum Gasteiger partial charge on any atom is -0.452 e. The van der Waals surface area contributed by atoms with Gasteiger partial charge in [0.05, 0.1) is 17.1 Å². The second-order valence-corrected chi connectivity index (χ2v) is 6.80. The van der Waals surface area contributed by atoms with Crippen LogP contribution in [-0.4, -0.2) is 28.3 Å². The first-order chi connectivity index (χ1) is 14.3. The molecule has 0 unspecified atom stereocenters. The summed E-state index contributed by atoms with van der Waals surface area (Å²) in [6.45, 7) is 4.98. The number of ether oxygens (including phenoxy) is 1. The number of halogens is 1. The van der Waals surface area contributed by atoms with Gasteiger partial charge in [-0.25, -0.2) is 13.9 Å². The molecule has 0 atom stereocenters. The van der Waals surface area contributed by atoms with Gasteiger partial charge >= 0.3 is 5.97 Å². The van der Waals surface area contributed by atoms with Crippen LogP contribution in [0.25, 0.3) is 11.8 Å². The van der Waals surface area contributed by atoms with Crippen molar-refractivity contribution in [3.63, 3.8) is 0 Å². The maximum absolute atomic E-state index is 13.8. The summed E-state index contributed by atoms with van der Waals surface area (Å²) in [6, 6.07) is 14.1. The van der Waals surface area contributed by atoms with Gasteiger partial charge in [0.25, 0.3) is 5.91 Å². The molecule has 0 bridgehead atoms. The average molecular weight is 407 g/mol. The van der Waals surface area contributed by atoms with Crippen molar-refractivity contribution in [3.8, 4) is 5.69 Å². The van der Waals surface area contributed by atoms with Gasteiger partial charge < -0.3 is 10.1 Å². The van der Waals surface area contributed by atoms with Gasteiger partial charge in [-0.1, -0.05) is 24.3 Å². The lowest BCUT2D eigenvalue weighted by Gasteiger charge is -2.07. The number of aromatic nitrogens is 2. The lowest BCUT2D eigenvalue weighted by atomic mass is 10.2. The van der Waals surface area contributed by atoms with E-state index in [1.54, 1.807) is 23.7 Å². The summed E-state index contributed by atoms with van der Waals surface area (Å²) in [5, 5.41) is 6.89. The second kappa shape index (κ2) is 9.17. The minimum atomic E-state index is -0.680. The maximum Gasteiger partial charge on any atom is 0.331 e. The van der Waals surface area contributed by atoms with E-state index in [1.807, 2.05) is 44.2 Å². The normalized spacial score (nSPS) is 10.9. The molecule has 0 fully saturated rings. The molecule has 0 aliphatic carbocycles. The number of hydrogen-bond acceptors (Lipinski definition) is 4. The maximum atomic E-state index is 13.8. The summed E-state index contributed by atoms with van der Waals surface area (Å²) in [4.78, 5) is 23.9. The second-order valence-electron chi connectivity index (χ2n) is 6.80. The number of anilines is 1. The molecule has 3 aromatic rings. The van der Waals surface area contributed by atoms with Gasteiger partial charge in [0.15, 0.2) is 6.61 Å². The van der Waals surface area contributed by atoms with Crippen molar-refractivity contribution < 1.29 is 18.7 Å². The minimum absolute atomic E-state index is 0.0387. The van der Waals surface area contributed by atoms with Crippen LogP contribution in [0.5, 0.6) is 0 Å². The van der Waals surface area contributed by atoms with Crippen molar-refractivity contribution in [2.24, 2.45) is 0 Å². The topological polar surface area (TPSA) is 73.2 Å². The van der Waals surface area contributed by atoms with Crippen molar-refractivity contribution in [1.82, 2.24) is 9.78 Å². The van der Waals surface area contributed by atoms with Gasteiger partial charge in [0.1, 0.15) is 5.82 Å². The Labute approximate surface area is 174 Å². The predicted octanol–water partition coefficient (Wildman–Crippen LogP) is 4.13. The lowest BCUT2D eigenvalue weighted by molar-refractivity contribution is -0.142. The fourth-order valence-electron chi connectivity index (χ4n) is 2.96. The molecule has 3 rings (SSSR count). The molecule has 0 aliphatic heterocycles. The molecule has 0 aliphatic rings. The number of nitrogens with one attached hydrogen (secondary N) is 1. The van der Waals surface area contributed by atoms with Crippen LogP contribution in [0.2, 0.25) is 0 Å². The number of carbonyl (C=O) groups is 2. The van der Waals surface area contributed by atoms with Crippen molar-refractivity contribution in [2.75, 3.05) is 11.9 Å². The van der Waals surface area contributed by atoms with Crippen LogP contribution >= 0.6 is 0 Å². The molecule has 1 amide bonds. The van der Waals surface area contributed by atoms with E-state index in [-0.39, 0.29) is 5.69 Å².